The number of nitrogens with zero attached hydrogens (tertiary/aromatic N) is 4. The first-order chi connectivity index (χ1) is 27.0. The number of carbonyl (C=O) groups is 3. The van der Waals surface area contributed by atoms with Gasteiger partial charge in [-0.3, -0.25) is 9.59 Å². The molecule has 58 heavy (non-hydrogen) atoms. The van der Waals surface area contributed by atoms with Crippen molar-refractivity contribution in [2.45, 2.75) is 88.1 Å². The molecule has 320 valence electrons. The van der Waals surface area contributed by atoms with Crippen LogP contribution in [0, 0.1) is 13.8 Å². The number of para-hydroxylation sites is 1. The van der Waals surface area contributed by atoms with Crippen molar-refractivity contribution < 1.29 is 50.3 Å². The lowest BCUT2D eigenvalue weighted by Crippen LogP contribution is -2.62. The Labute approximate surface area is 347 Å². The number of fused-ring (bicyclic) bond motifs is 1. The van der Waals surface area contributed by atoms with E-state index in [0.717, 1.165) is 40.5 Å². The van der Waals surface area contributed by atoms with Crippen molar-refractivity contribution in [2.75, 3.05) is 53.9 Å². The Morgan fingerprint density at radius 3 is 2.21 bits per heavy atom. The highest BCUT2D eigenvalue weighted by Gasteiger charge is 2.47. The number of pyridine rings is 1. The van der Waals surface area contributed by atoms with Crippen molar-refractivity contribution >= 4 is 61.9 Å². The van der Waals surface area contributed by atoms with Gasteiger partial charge in [0, 0.05) is 47.8 Å². The van der Waals surface area contributed by atoms with E-state index in [1.54, 1.807) is 15.9 Å². The molecule has 3 N–H and O–H groups in total. The number of aryl methyl sites for hydroxylation is 2. The number of hydrogen-bond acceptors (Lipinski definition) is 9. The summed E-state index contributed by atoms with van der Waals surface area (Å²) in [6.07, 6.45) is -0.612. The zero-order valence-electron chi connectivity index (χ0n) is 33.3. The van der Waals surface area contributed by atoms with Gasteiger partial charge in [-0.15, -0.1) is 0 Å². The molecular formula is C39H51Cl2F3N6O7S. The van der Waals surface area contributed by atoms with Crippen LogP contribution in [0.25, 0.3) is 10.9 Å². The number of nitrogens with one attached hydrogen (secondary N) is 1. The third-order valence-electron chi connectivity index (χ3n) is 10.2. The van der Waals surface area contributed by atoms with E-state index in [2.05, 4.69) is 30.8 Å². The van der Waals surface area contributed by atoms with Crippen LogP contribution in [-0.4, -0.2) is 117 Å². The van der Waals surface area contributed by atoms with Gasteiger partial charge in [0.15, 0.2) is 0 Å². The fourth-order valence-electron chi connectivity index (χ4n) is 7.13. The molecule has 19 heteroatoms. The maximum Gasteiger partial charge on any atom is 0.430 e. The lowest BCUT2D eigenvalue weighted by Gasteiger charge is -2.40. The number of rotatable bonds is 13. The monoisotopic (exact) mass is 874 g/mol. The molecule has 3 aromatic rings. The average Bonchev–Trinajstić information content (AvgIpc) is 3.61. The van der Waals surface area contributed by atoms with Gasteiger partial charge >= 0.3 is 6.18 Å². The highest BCUT2D eigenvalue weighted by Crippen LogP contribution is 2.37. The van der Waals surface area contributed by atoms with Crippen LogP contribution < -0.4 is 20.3 Å². The van der Waals surface area contributed by atoms with Gasteiger partial charge in [0.1, 0.15) is 34.3 Å². The third-order valence-corrected chi connectivity index (χ3v) is 12.6. The molecule has 2 amide bonds. The van der Waals surface area contributed by atoms with Crippen molar-refractivity contribution in [2.24, 2.45) is 5.73 Å². The second-order valence-corrected chi connectivity index (χ2v) is 18.2. The van der Waals surface area contributed by atoms with E-state index < -0.39 is 33.7 Å². The van der Waals surface area contributed by atoms with E-state index in [0.29, 0.717) is 75.1 Å². The maximum atomic E-state index is 14.1. The average molecular weight is 876 g/mol. The van der Waals surface area contributed by atoms with Crippen molar-refractivity contribution in [3.8, 4) is 5.75 Å². The van der Waals surface area contributed by atoms with E-state index in [9.17, 15) is 31.2 Å². The topological polar surface area (TPSA) is 175 Å². The van der Waals surface area contributed by atoms with Gasteiger partial charge in [0.2, 0.25) is 21.8 Å². The highest BCUT2D eigenvalue weighted by molar-refractivity contribution is 7.89. The number of quaternary nitrogens is 1. The lowest BCUT2D eigenvalue weighted by atomic mass is 9.96. The molecule has 2 heterocycles. The minimum Gasteiger partial charge on any atom is -0.542 e. The number of carboxylic acids is 1. The van der Waals surface area contributed by atoms with Crippen LogP contribution >= 0.6 is 23.2 Å². The molecule has 13 nitrogen and oxygen atoms in total. The molecule has 2 aromatic carbocycles. The molecule has 1 aliphatic heterocycles. The van der Waals surface area contributed by atoms with Crippen molar-refractivity contribution in [1.82, 2.24) is 19.5 Å². The summed E-state index contributed by atoms with van der Waals surface area (Å²) in [5.41, 5.74) is 7.85. The number of piperazine rings is 1. The summed E-state index contributed by atoms with van der Waals surface area (Å²) in [4.78, 5) is 43.8. The summed E-state index contributed by atoms with van der Waals surface area (Å²) in [6.45, 7) is 6.12. The summed E-state index contributed by atoms with van der Waals surface area (Å²) < 4.78 is 69.4. The Hall–Kier alpha value is -3.74. The second kappa shape index (κ2) is 19.1. The minimum absolute atomic E-state index is 0.0721. The van der Waals surface area contributed by atoms with E-state index >= 15 is 0 Å². The smallest absolute Gasteiger partial charge is 0.430 e. The molecule has 0 bridgehead atoms. The van der Waals surface area contributed by atoms with E-state index in [1.807, 2.05) is 32.0 Å². The van der Waals surface area contributed by atoms with Gasteiger partial charge in [-0.1, -0.05) is 48.2 Å². The largest absolute Gasteiger partial charge is 0.542 e. The molecule has 0 unspecified atom stereocenters. The summed E-state index contributed by atoms with van der Waals surface area (Å²) >= 11 is 13.3. The van der Waals surface area contributed by atoms with Crippen LogP contribution in [0.2, 0.25) is 10.0 Å². The standard InChI is InChI=1S/C37H51Cl2N6O5S.C2HF3O2/c1-25-23-26(2)41-34-27(25)11-10-13-31(34)50-24-28-29(38)14-15-32(33(28)39)51(48,49)42-37(16-7-8-17-37)36(47)44-20-18-43(19-21-44)35(46)30(40)12-6-9-22-45(3,4)5;3-2(4,5)1(6)7/h10-11,13-15,23,30,42H,6-9,12,16-22,24,40H2,1-5H3;(H,6,7)/q+1;/p-1/t30-;/m0./s1. The van der Waals surface area contributed by atoms with Gasteiger partial charge in [-0.25, -0.2) is 13.4 Å². The van der Waals surface area contributed by atoms with Crippen LogP contribution in [0.1, 0.15) is 61.8 Å². The zero-order chi connectivity index (χ0) is 43.2. The Balaban J connectivity index is 0.000000973. The molecule has 1 atom stereocenters. The van der Waals surface area contributed by atoms with Gasteiger partial charge in [0.25, 0.3) is 0 Å². The molecule has 2 fully saturated rings. The van der Waals surface area contributed by atoms with Crippen molar-refractivity contribution in [3.05, 3.63) is 63.3 Å². The first-order valence-corrected chi connectivity index (χ1v) is 21.1. The fraction of sp³-hybridized carbons (Fsp3) is 0.538. The summed E-state index contributed by atoms with van der Waals surface area (Å²) in [7, 11) is 2.14. The van der Waals surface area contributed by atoms with Crippen LogP contribution in [0.4, 0.5) is 13.2 Å². The van der Waals surface area contributed by atoms with E-state index in [-0.39, 0.29) is 33.4 Å². The number of ether oxygens (including phenoxy) is 1. The van der Waals surface area contributed by atoms with E-state index in [4.69, 9.17) is 43.6 Å². The van der Waals surface area contributed by atoms with Crippen LogP contribution in [-0.2, 0) is 31.0 Å². The molecule has 1 saturated carbocycles. The first-order valence-electron chi connectivity index (χ1n) is 18.9. The minimum atomic E-state index is -5.19. The number of amides is 2. The number of aliphatic carboxylic acids is 1. The number of alkyl halides is 3. The normalized spacial score (nSPS) is 16.5. The molecule has 0 spiro atoms. The number of benzene rings is 2. The van der Waals surface area contributed by atoms with Gasteiger partial charge in [0.05, 0.1) is 38.8 Å². The number of nitrogens with two attached hydrogens (primary N) is 1. The molecular weight excluding hydrogens is 824 g/mol. The van der Waals surface area contributed by atoms with Crippen molar-refractivity contribution in [1.29, 1.82) is 0 Å². The maximum absolute atomic E-state index is 14.1. The number of halogens is 5. The second-order valence-electron chi connectivity index (χ2n) is 15.8. The molecule has 5 rings (SSSR count). The Morgan fingerprint density at radius 1 is 1.02 bits per heavy atom. The Kier molecular flexibility index (Phi) is 15.5. The summed E-state index contributed by atoms with van der Waals surface area (Å²) in [5.74, 6) is -2.88. The third kappa shape index (κ3) is 11.9. The summed E-state index contributed by atoms with van der Waals surface area (Å²) in [5, 5.41) is 9.91. The first kappa shape index (κ1) is 46.9. The molecule has 1 aliphatic carbocycles. The van der Waals surface area contributed by atoms with Crippen molar-refractivity contribution in [3.63, 3.8) is 0 Å². The number of hydrogen-bond donors (Lipinski definition) is 2. The number of aromatic nitrogens is 1. The Bertz CT molecular complexity index is 2090. The number of sulfonamides is 1. The molecule has 2 aliphatic rings. The fourth-order valence-corrected chi connectivity index (χ4v) is 9.44. The van der Waals surface area contributed by atoms with E-state index in [1.165, 1.54) is 12.1 Å². The van der Waals surface area contributed by atoms with Gasteiger partial charge in [-0.05, 0) is 75.8 Å². The van der Waals surface area contributed by atoms with Crippen LogP contribution in [0.15, 0.2) is 41.3 Å². The zero-order valence-corrected chi connectivity index (χ0v) is 35.6. The lowest BCUT2D eigenvalue weighted by molar-refractivity contribution is -0.870. The SMILES string of the molecule is Cc1cc(C)c2cccc(OCc3c(Cl)ccc(S(=O)(=O)NC4(C(=O)N5CCN(C(=O)[C@@H](N)CCCC[N+](C)(C)C)CC5)CCCC4)c3Cl)c2n1.O=C([O-])C(F)(F)F. The Morgan fingerprint density at radius 2 is 1.62 bits per heavy atom. The number of carboxylic acid groups (broad SMARTS) is 1. The number of carbonyl (C=O) groups excluding carboxylic acids is 3. The highest BCUT2D eigenvalue weighted by atomic mass is 35.5. The number of unbranched alkanes of at least 4 members (excludes halogenated alkanes) is 1. The predicted molar refractivity (Wildman–Crippen MR) is 212 cm³/mol. The molecule has 1 aromatic heterocycles. The van der Waals surface area contributed by atoms with Gasteiger partial charge in [-0.2, -0.15) is 17.9 Å². The molecule has 1 saturated heterocycles. The predicted octanol–water partition coefficient (Wildman–Crippen LogP) is 4.50. The van der Waals surface area contributed by atoms with Crippen LogP contribution in [0.3, 0.4) is 0 Å². The van der Waals surface area contributed by atoms with Gasteiger partial charge < -0.3 is 34.7 Å². The van der Waals surface area contributed by atoms with Crippen LogP contribution in [0.5, 0.6) is 5.75 Å². The molecule has 0 radical (unpaired) electrons. The quantitative estimate of drug-likeness (QED) is 0.185. The summed E-state index contributed by atoms with van der Waals surface area (Å²) in [6, 6.07) is 9.88.